The van der Waals surface area contributed by atoms with Crippen molar-refractivity contribution in [1.82, 2.24) is 9.21 Å². The predicted molar refractivity (Wildman–Crippen MR) is 119 cm³/mol. The van der Waals surface area contributed by atoms with E-state index in [4.69, 9.17) is 4.42 Å². The quantitative estimate of drug-likeness (QED) is 0.613. The Labute approximate surface area is 185 Å². The van der Waals surface area contributed by atoms with Crippen LogP contribution < -0.4 is 0 Å². The van der Waals surface area contributed by atoms with Gasteiger partial charge in [0.05, 0.1) is 11.4 Å². The Morgan fingerprint density at radius 2 is 1.77 bits per heavy atom. The highest BCUT2D eigenvalue weighted by Gasteiger charge is 2.36. The fraction of sp³-hybridized carbons (Fsp3) is 0.542. The monoisotopic (exact) mass is 444 g/mol. The topological polar surface area (TPSA) is 70.8 Å². The average Bonchev–Trinajstić information content (AvgIpc) is 3.33. The second-order valence-corrected chi connectivity index (χ2v) is 10.9. The maximum absolute atomic E-state index is 12.7. The lowest BCUT2D eigenvalue weighted by Crippen LogP contribution is -2.35. The molecule has 6 nitrogen and oxygen atoms in total. The lowest BCUT2D eigenvalue weighted by Gasteiger charge is -2.25. The molecule has 2 aliphatic rings. The largest absolute Gasteiger partial charge is 0.464 e. The van der Waals surface area contributed by atoms with E-state index >= 15 is 0 Å². The number of rotatable bonds is 8. The van der Waals surface area contributed by atoms with Gasteiger partial charge in [0, 0.05) is 32.5 Å². The van der Waals surface area contributed by atoms with Crippen molar-refractivity contribution in [2.45, 2.75) is 62.8 Å². The van der Waals surface area contributed by atoms with Crippen LogP contribution in [-0.2, 0) is 27.8 Å². The number of furan rings is 1. The Bertz CT molecular complexity index is 1010. The first-order chi connectivity index (χ1) is 14.8. The van der Waals surface area contributed by atoms with Crippen molar-refractivity contribution in [3.63, 3.8) is 0 Å². The standard InChI is InChI=1S/C24H32N2O4S/c1-18-16-22(18)23-12-9-20(30-23)17-25(2)24(27)13-8-19-6-10-21(11-7-19)31(28,29)26-14-4-3-5-15-26/h6-7,9-12,18,22H,3-5,8,13-17H2,1-2H3/t18-,22+/m1/s1. The molecule has 1 saturated carbocycles. The van der Waals surface area contributed by atoms with Crippen LogP contribution in [0.15, 0.2) is 45.7 Å². The predicted octanol–water partition coefficient (Wildman–Crippen LogP) is 4.17. The van der Waals surface area contributed by atoms with E-state index in [2.05, 4.69) is 6.92 Å². The number of piperidine rings is 1. The lowest BCUT2D eigenvalue weighted by molar-refractivity contribution is -0.130. The Hall–Kier alpha value is -2.12. The molecule has 0 unspecified atom stereocenters. The summed E-state index contributed by atoms with van der Waals surface area (Å²) in [6.07, 6.45) is 5.07. The zero-order chi connectivity index (χ0) is 22.0. The van der Waals surface area contributed by atoms with E-state index in [0.717, 1.165) is 36.3 Å². The van der Waals surface area contributed by atoms with E-state index < -0.39 is 10.0 Å². The molecule has 7 heteroatoms. The van der Waals surface area contributed by atoms with E-state index in [9.17, 15) is 13.2 Å². The van der Waals surface area contributed by atoms with E-state index in [0.29, 0.717) is 49.2 Å². The molecular formula is C24H32N2O4S. The van der Waals surface area contributed by atoms with Gasteiger partial charge in [0.25, 0.3) is 0 Å². The number of amides is 1. The van der Waals surface area contributed by atoms with Crippen molar-refractivity contribution < 1.29 is 17.6 Å². The average molecular weight is 445 g/mol. The Morgan fingerprint density at radius 3 is 2.42 bits per heavy atom. The first-order valence-electron chi connectivity index (χ1n) is 11.3. The highest BCUT2D eigenvalue weighted by atomic mass is 32.2. The fourth-order valence-electron chi connectivity index (χ4n) is 4.24. The summed E-state index contributed by atoms with van der Waals surface area (Å²) in [5, 5.41) is 0. The van der Waals surface area contributed by atoms with Gasteiger partial charge in [0.15, 0.2) is 0 Å². The summed E-state index contributed by atoms with van der Waals surface area (Å²) in [5.74, 6) is 3.12. The Kier molecular flexibility index (Phi) is 6.53. The molecule has 0 spiro atoms. The first-order valence-corrected chi connectivity index (χ1v) is 12.7. The van der Waals surface area contributed by atoms with Gasteiger partial charge >= 0.3 is 0 Å². The van der Waals surface area contributed by atoms with E-state index in [1.165, 1.54) is 6.42 Å². The zero-order valence-electron chi connectivity index (χ0n) is 18.4. The molecular weight excluding hydrogens is 412 g/mol. The van der Waals surface area contributed by atoms with Crippen LogP contribution in [0, 0.1) is 5.92 Å². The number of nitrogens with zero attached hydrogens (tertiary/aromatic N) is 2. The van der Waals surface area contributed by atoms with Gasteiger partial charge in [-0.1, -0.05) is 25.5 Å². The second kappa shape index (κ2) is 9.17. The minimum atomic E-state index is -3.41. The van der Waals surface area contributed by atoms with E-state index in [-0.39, 0.29) is 5.91 Å². The number of benzene rings is 1. The van der Waals surface area contributed by atoms with Gasteiger partial charge < -0.3 is 9.32 Å². The van der Waals surface area contributed by atoms with Gasteiger partial charge in [0.2, 0.25) is 15.9 Å². The molecule has 4 rings (SSSR count). The summed E-state index contributed by atoms with van der Waals surface area (Å²) in [6, 6.07) is 11.0. The van der Waals surface area contributed by atoms with Crippen molar-refractivity contribution in [2.24, 2.45) is 5.92 Å². The van der Waals surface area contributed by atoms with Gasteiger partial charge in [-0.3, -0.25) is 4.79 Å². The first kappa shape index (κ1) is 22.1. The molecule has 31 heavy (non-hydrogen) atoms. The molecule has 0 bridgehead atoms. The Morgan fingerprint density at radius 1 is 1.10 bits per heavy atom. The Balaban J connectivity index is 1.28. The molecule has 2 fully saturated rings. The SMILES string of the molecule is C[C@@H]1C[C@@H]1c1ccc(CN(C)C(=O)CCc2ccc(S(=O)(=O)N3CCCCC3)cc2)o1. The highest BCUT2D eigenvalue weighted by Crippen LogP contribution is 2.47. The van der Waals surface area contributed by atoms with Crippen molar-refractivity contribution in [3.05, 3.63) is 53.5 Å². The second-order valence-electron chi connectivity index (χ2n) is 8.98. The molecule has 1 amide bonds. The summed E-state index contributed by atoms with van der Waals surface area (Å²) < 4.78 is 33.0. The van der Waals surface area contributed by atoms with Crippen LogP contribution >= 0.6 is 0 Å². The van der Waals surface area contributed by atoms with E-state index in [1.807, 2.05) is 24.3 Å². The molecule has 2 atom stereocenters. The van der Waals surface area contributed by atoms with Gasteiger partial charge in [-0.2, -0.15) is 4.31 Å². The number of hydrogen-bond acceptors (Lipinski definition) is 4. The molecule has 1 aromatic carbocycles. The van der Waals surface area contributed by atoms with Crippen LogP contribution in [0.3, 0.4) is 0 Å². The zero-order valence-corrected chi connectivity index (χ0v) is 19.2. The molecule has 1 aromatic heterocycles. The third-order valence-electron chi connectivity index (χ3n) is 6.48. The van der Waals surface area contributed by atoms with Crippen LogP contribution in [0.1, 0.15) is 62.0 Å². The molecule has 1 saturated heterocycles. The molecule has 1 aliphatic carbocycles. The molecule has 2 heterocycles. The summed E-state index contributed by atoms with van der Waals surface area (Å²) >= 11 is 0. The molecule has 2 aromatic rings. The number of carbonyl (C=O) groups is 1. The number of aryl methyl sites for hydroxylation is 1. The van der Waals surface area contributed by atoms with Crippen LogP contribution in [-0.4, -0.2) is 43.7 Å². The highest BCUT2D eigenvalue weighted by molar-refractivity contribution is 7.89. The number of hydrogen-bond donors (Lipinski definition) is 0. The third-order valence-corrected chi connectivity index (χ3v) is 8.39. The summed E-state index contributed by atoms with van der Waals surface area (Å²) in [6.45, 7) is 3.88. The molecule has 1 aliphatic heterocycles. The smallest absolute Gasteiger partial charge is 0.243 e. The number of sulfonamides is 1. The lowest BCUT2D eigenvalue weighted by atomic mass is 10.1. The van der Waals surface area contributed by atoms with Crippen molar-refractivity contribution in [1.29, 1.82) is 0 Å². The van der Waals surface area contributed by atoms with Gasteiger partial charge in [0.1, 0.15) is 11.5 Å². The number of carbonyl (C=O) groups excluding carboxylic acids is 1. The van der Waals surface area contributed by atoms with Gasteiger partial charge in [-0.15, -0.1) is 0 Å². The van der Waals surface area contributed by atoms with Crippen LogP contribution in [0.2, 0.25) is 0 Å². The summed E-state index contributed by atoms with van der Waals surface area (Å²) in [4.78, 5) is 14.6. The third kappa shape index (κ3) is 5.21. The maximum atomic E-state index is 12.7. The fourth-order valence-corrected chi connectivity index (χ4v) is 5.76. The van der Waals surface area contributed by atoms with Crippen molar-refractivity contribution in [3.8, 4) is 0 Å². The van der Waals surface area contributed by atoms with Crippen molar-refractivity contribution in [2.75, 3.05) is 20.1 Å². The van der Waals surface area contributed by atoms with Crippen LogP contribution in [0.5, 0.6) is 0 Å². The summed E-state index contributed by atoms with van der Waals surface area (Å²) in [5.41, 5.74) is 0.961. The molecule has 0 N–H and O–H groups in total. The van der Waals surface area contributed by atoms with Gasteiger partial charge in [-0.05, 0) is 61.4 Å². The van der Waals surface area contributed by atoms with Crippen molar-refractivity contribution >= 4 is 15.9 Å². The van der Waals surface area contributed by atoms with Crippen LogP contribution in [0.4, 0.5) is 0 Å². The van der Waals surface area contributed by atoms with Crippen LogP contribution in [0.25, 0.3) is 0 Å². The van der Waals surface area contributed by atoms with E-state index in [1.54, 1.807) is 28.4 Å². The normalized spacial score (nSPS) is 21.7. The summed E-state index contributed by atoms with van der Waals surface area (Å²) in [7, 11) is -1.62. The van der Waals surface area contributed by atoms with Gasteiger partial charge in [-0.25, -0.2) is 8.42 Å². The maximum Gasteiger partial charge on any atom is 0.243 e. The minimum Gasteiger partial charge on any atom is -0.464 e. The minimum absolute atomic E-state index is 0.0442. The molecule has 0 radical (unpaired) electrons. The molecule has 168 valence electrons.